The molecule has 3 N–H and O–H groups in total. The molecular formula is C16H25IN4O2. The van der Waals surface area contributed by atoms with Gasteiger partial charge in [-0.05, 0) is 37.5 Å². The SMILES string of the molecule is CCNC(=NCc1ccc(OC)cc1)NCC(=O)NC1CC1.I. The standard InChI is InChI=1S/C16H24N4O2.HI/c1-3-17-16(19-11-15(21)20-13-6-7-13)18-10-12-4-8-14(22-2)9-5-12;/h4-5,8-9,13H,3,6-7,10-11H2,1-2H3,(H,20,21)(H2,17,18,19);1H. The number of aliphatic imine (C=N–C) groups is 1. The third-order valence-electron chi connectivity index (χ3n) is 3.28. The van der Waals surface area contributed by atoms with Crippen LogP contribution in [0, 0.1) is 0 Å². The van der Waals surface area contributed by atoms with Gasteiger partial charge in [-0.1, -0.05) is 12.1 Å². The minimum Gasteiger partial charge on any atom is -0.497 e. The molecule has 1 saturated carbocycles. The molecule has 1 aliphatic carbocycles. The molecule has 1 fully saturated rings. The molecule has 0 atom stereocenters. The summed E-state index contributed by atoms with van der Waals surface area (Å²) in [6, 6.07) is 8.16. The number of amides is 1. The van der Waals surface area contributed by atoms with Crippen molar-refractivity contribution in [3.8, 4) is 5.75 Å². The van der Waals surface area contributed by atoms with E-state index in [9.17, 15) is 4.79 Å². The fourth-order valence-electron chi connectivity index (χ4n) is 1.91. The maximum atomic E-state index is 11.7. The van der Waals surface area contributed by atoms with Gasteiger partial charge in [0, 0.05) is 12.6 Å². The van der Waals surface area contributed by atoms with Crippen LogP contribution < -0.4 is 20.7 Å². The van der Waals surface area contributed by atoms with E-state index in [0.29, 0.717) is 18.5 Å². The third kappa shape index (κ3) is 7.54. The molecule has 2 rings (SSSR count). The molecular weight excluding hydrogens is 407 g/mol. The molecule has 0 unspecified atom stereocenters. The zero-order chi connectivity index (χ0) is 15.8. The molecule has 1 aromatic rings. The monoisotopic (exact) mass is 432 g/mol. The normalized spacial score (nSPS) is 13.7. The highest BCUT2D eigenvalue weighted by atomic mass is 127. The van der Waals surface area contributed by atoms with Crippen molar-refractivity contribution in [2.75, 3.05) is 20.2 Å². The number of ether oxygens (including phenoxy) is 1. The molecule has 1 amide bonds. The number of nitrogens with one attached hydrogen (secondary N) is 3. The van der Waals surface area contributed by atoms with E-state index in [2.05, 4.69) is 20.9 Å². The molecule has 1 aromatic carbocycles. The average Bonchev–Trinajstić information content (AvgIpc) is 3.34. The van der Waals surface area contributed by atoms with Crippen LogP contribution in [0.2, 0.25) is 0 Å². The van der Waals surface area contributed by atoms with Gasteiger partial charge in [0.05, 0.1) is 20.2 Å². The number of guanidine groups is 1. The summed E-state index contributed by atoms with van der Waals surface area (Å²) >= 11 is 0. The van der Waals surface area contributed by atoms with Gasteiger partial charge in [0.15, 0.2) is 5.96 Å². The number of methoxy groups -OCH3 is 1. The lowest BCUT2D eigenvalue weighted by molar-refractivity contribution is -0.120. The van der Waals surface area contributed by atoms with E-state index >= 15 is 0 Å². The van der Waals surface area contributed by atoms with Crippen LogP contribution in [0.15, 0.2) is 29.3 Å². The van der Waals surface area contributed by atoms with Crippen LogP contribution in [0.4, 0.5) is 0 Å². The smallest absolute Gasteiger partial charge is 0.239 e. The minimum absolute atomic E-state index is 0. The van der Waals surface area contributed by atoms with Gasteiger partial charge in [0.25, 0.3) is 0 Å². The van der Waals surface area contributed by atoms with Crippen LogP contribution in [0.1, 0.15) is 25.3 Å². The van der Waals surface area contributed by atoms with Crippen LogP contribution in [0.3, 0.4) is 0 Å². The lowest BCUT2D eigenvalue weighted by Gasteiger charge is -2.11. The van der Waals surface area contributed by atoms with E-state index in [0.717, 1.165) is 30.7 Å². The van der Waals surface area contributed by atoms with Gasteiger partial charge >= 0.3 is 0 Å². The van der Waals surface area contributed by atoms with E-state index in [4.69, 9.17) is 4.74 Å². The first-order valence-electron chi connectivity index (χ1n) is 7.65. The first kappa shape index (κ1) is 19.5. The summed E-state index contributed by atoms with van der Waals surface area (Å²) in [6.07, 6.45) is 2.19. The lowest BCUT2D eigenvalue weighted by Crippen LogP contribution is -2.43. The number of halogens is 1. The zero-order valence-corrected chi connectivity index (χ0v) is 15.9. The summed E-state index contributed by atoms with van der Waals surface area (Å²) in [7, 11) is 1.65. The number of benzene rings is 1. The molecule has 6 nitrogen and oxygen atoms in total. The minimum atomic E-state index is 0. The van der Waals surface area contributed by atoms with E-state index in [1.165, 1.54) is 0 Å². The predicted molar refractivity (Wildman–Crippen MR) is 102 cm³/mol. The molecule has 1 aliphatic rings. The van der Waals surface area contributed by atoms with Crippen molar-refractivity contribution < 1.29 is 9.53 Å². The highest BCUT2D eigenvalue weighted by molar-refractivity contribution is 14.0. The van der Waals surface area contributed by atoms with Crippen LogP contribution in [0.5, 0.6) is 5.75 Å². The maximum Gasteiger partial charge on any atom is 0.239 e. The van der Waals surface area contributed by atoms with Crippen molar-refractivity contribution in [1.29, 1.82) is 0 Å². The molecule has 0 spiro atoms. The Balaban J connectivity index is 0.00000264. The number of nitrogens with zero attached hydrogens (tertiary/aromatic N) is 1. The molecule has 128 valence electrons. The Morgan fingerprint density at radius 3 is 2.52 bits per heavy atom. The Hall–Kier alpha value is -1.51. The Morgan fingerprint density at radius 2 is 1.96 bits per heavy atom. The first-order chi connectivity index (χ1) is 10.7. The molecule has 23 heavy (non-hydrogen) atoms. The summed E-state index contributed by atoms with van der Waals surface area (Å²) in [6.45, 7) is 3.53. The molecule has 0 aliphatic heterocycles. The van der Waals surface area contributed by atoms with Crippen LogP contribution in [0.25, 0.3) is 0 Å². The first-order valence-corrected chi connectivity index (χ1v) is 7.65. The van der Waals surface area contributed by atoms with Gasteiger partial charge in [-0.3, -0.25) is 4.79 Å². The van der Waals surface area contributed by atoms with E-state index in [-0.39, 0.29) is 36.4 Å². The van der Waals surface area contributed by atoms with Crippen molar-refractivity contribution >= 4 is 35.8 Å². The fourth-order valence-corrected chi connectivity index (χ4v) is 1.91. The maximum absolute atomic E-state index is 11.7. The van der Waals surface area contributed by atoms with Gasteiger partial charge in [0.2, 0.25) is 5.91 Å². The molecule has 0 aromatic heterocycles. The summed E-state index contributed by atoms with van der Waals surface area (Å²) in [5.74, 6) is 1.48. The summed E-state index contributed by atoms with van der Waals surface area (Å²) in [4.78, 5) is 16.2. The molecule has 0 bridgehead atoms. The van der Waals surface area contributed by atoms with Crippen molar-refractivity contribution in [2.24, 2.45) is 4.99 Å². The Bertz CT molecular complexity index is 515. The van der Waals surface area contributed by atoms with Crippen LogP contribution >= 0.6 is 24.0 Å². The second-order valence-electron chi connectivity index (χ2n) is 5.24. The van der Waals surface area contributed by atoms with Gasteiger partial charge in [-0.15, -0.1) is 24.0 Å². The van der Waals surface area contributed by atoms with Crippen molar-refractivity contribution in [3.63, 3.8) is 0 Å². The molecule has 0 heterocycles. The van der Waals surface area contributed by atoms with Crippen molar-refractivity contribution in [1.82, 2.24) is 16.0 Å². The van der Waals surface area contributed by atoms with Crippen molar-refractivity contribution in [3.05, 3.63) is 29.8 Å². The van der Waals surface area contributed by atoms with Gasteiger partial charge in [-0.25, -0.2) is 4.99 Å². The molecule has 0 saturated heterocycles. The van der Waals surface area contributed by atoms with Gasteiger partial charge in [0.1, 0.15) is 5.75 Å². The number of rotatable bonds is 7. The highest BCUT2D eigenvalue weighted by Gasteiger charge is 2.22. The van der Waals surface area contributed by atoms with Gasteiger partial charge < -0.3 is 20.7 Å². The zero-order valence-electron chi connectivity index (χ0n) is 13.6. The predicted octanol–water partition coefficient (Wildman–Crippen LogP) is 1.65. The van der Waals surface area contributed by atoms with E-state index < -0.39 is 0 Å². The van der Waals surface area contributed by atoms with E-state index in [1.54, 1.807) is 7.11 Å². The topological polar surface area (TPSA) is 74.8 Å². The molecule has 0 radical (unpaired) electrons. The second kappa shape index (κ2) is 10.3. The number of carbonyl (C=O) groups excluding carboxylic acids is 1. The average molecular weight is 432 g/mol. The Labute approximate surface area is 154 Å². The summed E-state index contributed by atoms with van der Waals surface area (Å²) in [5.41, 5.74) is 1.08. The van der Waals surface area contributed by atoms with Gasteiger partial charge in [-0.2, -0.15) is 0 Å². The lowest BCUT2D eigenvalue weighted by atomic mass is 10.2. The summed E-state index contributed by atoms with van der Waals surface area (Å²) < 4.78 is 5.13. The fraction of sp³-hybridized carbons (Fsp3) is 0.500. The van der Waals surface area contributed by atoms with Crippen molar-refractivity contribution in [2.45, 2.75) is 32.4 Å². The Kier molecular flexibility index (Phi) is 8.75. The van der Waals surface area contributed by atoms with E-state index in [1.807, 2.05) is 31.2 Å². The van der Waals surface area contributed by atoms with Crippen LogP contribution in [-0.4, -0.2) is 38.1 Å². The molecule has 7 heteroatoms. The third-order valence-corrected chi connectivity index (χ3v) is 3.28. The highest BCUT2D eigenvalue weighted by Crippen LogP contribution is 2.18. The number of carbonyl (C=O) groups is 1. The Morgan fingerprint density at radius 1 is 1.26 bits per heavy atom. The van der Waals surface area contributed by atoms with Crippen LogP contribution in [-0.2, 0) is 11.3 Å². The quantitative estimate of drug-likeness (QED) is 0.348. The summed E-state index contributed by atoms with van der Waals surface area (Å²) in [5, 5.41) is 9.12. The number of hydrogen-bond acceptors (Lipinski definition) is 3. The number of hydrogen-bond donors (Lipinski definition) is 3. The largest absolute Gasteiger partial charge is 0.497 e. The second-order valence-corrected chi connectivity index (χ2v) is 5.24.